The molecule has 54 heavy (non-hydrogen) atoms. The Morgan fingerprint density at radius 3 is 1.56 bits per heavy atom. The van der Waals surface area contributed by atoms with Gasteiger partial charge in [0.25, 0.3) is 0 Å². The summed E-state index contributed by atoms with van der Waals surface area (Å²) in [6, 6.07) is 12.8. The summed E-state index contributed by atoms with van der Waals surface area (Å²) >= 11 is 0. The molecule has 0 radical (unpaired) electrons. The van der Waals surface area contributed by atoms with Crippen molar-refractivity contribution in [3.05, 3.63) is 71.8 Å². The van der Waals surface area contributed by atoms with Crippen LogP contribution in [0.3, 0.4) is 0 Å². The summed E-state index contributed by atoms with van der Waals surface area (Å²) < 4.78 is 0. The van der Waals surface area contributed by atoms with Crippen LogP contribution in [-0.4, -0.2) is 76.9 Å². The molecule has 0 spiro atoms. The molecule has 0 aliphatic rings. The number of hydrogen-bond donors (Lipinski definition) is 7. The number of carbonyl (C=O) groups excluding carboxylic acids is 5. The first-order valence-electron chi connectivity index (χ1n) is 19.0. The zero-order chi connectivity index (χ0) is 40.5. The van der Waals surface area contributed by atoms with Gasteiger partial charge in [-0.1, -0.05) is 122 Å². The molecule has 0 fully saturated rings. The highest BCUT2D eigenvalue weighted by Gasteiger charge is 2.34. The summed E-state index contributed by atoms with van der Waals surface area (Å²) in [6.45, 7) is 14.4. The lowest BCUT2D eigenvalue weighted by Gasteiger charge is -2.31. The first-order chi connectivity index (χ1) is 25.4. The van der Waals surface area contributed by atoms with E-state index in [0.29, 0.717) is 6.42 Å². The largest absolute Gasteiger partial charge is 0.480 e. The molecule has 13 nitrogen and oxygen atoms in total. The van der Waals surface area contributed by atoms with Gasteiger partial charge in [-0.3, -0.25) is 24.0 Å². The Morgan fingerprint density at radius 1 is 0.593 bits per heavy atom. The first kappa shape index (κ1) is 45.4. The van der Waals surface area contributed by atoms with Crippen molar-refractivity contribution in [1.82, 2.24) is 26.6 Å². The number of nitrogens with one attached hydrogen (secondary N) is 5. The van der Waals surface area contributed by atoms with E-state index in [2.05, 4.69) is 26.6 Å². The second-order valence-corrected chi connectivity index (χ2v) is 15.3. The average molecular weight is 751 g/mol. The minimum Gasteiger partial charge on any atom is -0.480 e. The lowest BCUT2D eigenvalue weighted by atomic mass is 9.94. The zero-order valence-corrected chi connectivity index (χ0v) is 33.1. The van der Waals surface area contributed by atoms with E-state index < -0.39 is 65.8 Å². The van der Waals surface area contributed by atoms with Gasteiger partial charge >= 0.3 is 5.97 Å². The number of rotatable bonds is 22. The van der Waals surface area contributed by atoms with Gasteiger partial charge in [0.1, 0.15) is 24.2 Å². The molecule has 0 aliphatic heterocycles. The van der Waals surface area contributed by atoms with Gasteiger partial charge in [-0.2, -0.15) is 0 Å². The highest BCUT2D eigenvalue weighted by molar-refractivity contribution is 5.93. The predicted octanol–water partition coefficient (Wildman–Crippen LogP) is 3.10. The lowest BCUT2D eigenvalue weighted by molar-refractivity contribution is -0.143. The van der Waals surface area contributed by atoms with Gasteiger partial charge in [0.15, 0.2) is 0 Å². The molecule has 5 amide bonds. The van der Waals surface area contributed by atoms with Gasteiger partial charge in [-0.25, -0.2) is 4.79 Å². The van der Waals surface area contributed by atoms with Crippen LogP contribution < -0.4 is 32.3 Å². The van der Waals surface area contributed by atoms with Crippen molar-refractivity contribution in [2.24, 2.45) is 29.4 Å². The van der Waals surface area contributed by atoms with Crippen LogP contribution in [0.1, 0.15) is 85.8 Å². The van der Waals surface area contributed by atoms with E-state index in [0.717, 1.165) is 11.1 Å². The Morgan fingerprint density at radius 2 is 1.07 bits per heavy atom. The standard InChI is InChI=1S/C41H62N6O7/c1-9-27(8)37(40(52)47-36(26(6)7)41(53)54)45-34(49)23-30(42)31(21-28-16-12-10-13-17-28)44-39(51)35(25(4)5)46-38(50)32(43-33(48)20-24(2)3)22-29-18-14-11-15-19-29/h10-19,24-27,30-32,35-37H,9,20-23,42H2,1-8H3,(H,43,48)(H,44,51)(H,45,49)(H,46,50)(H,47,52)(H,53,54)/t27-,30-,31?,32-,35-,36-,37-/m0/s1. The molecule has 7 atom stereocenters. The number of amides is 5. The molecule has 0 aliphatic carbocycles. The third-order valence-corrected chi connectivity index (χ3v) is 9.38. The van der Waals surface area contributed by atoms with E-state index in [1.54, 1.807) is 34.6 Å². The second kappa shape index (κ2) is 22.4. The van der Waals surface area contributed by atoms with E-state index >= 15 is 0 Å². The van der Waals surface area contributed by atoms with Crippen LogP contribution in [0.15, 0.2) is 60.7 Å². The summed E-state index contributed by atoms with van der Waals surface area (Å²) in [7, 11) is 0. The Kier molecular flexibility index (Phi) is 18.9. The summed E-state index contributed by atoms with van der Waals surface area (Å²) in [4.78, 5) is 79.0. The van der Waals surface area contributed by atoms with E-state index in [1.807, 2.05) is 81.4 Å². The van der Waals surface area contributed by atoms with Crippen LogP contribution in [0.5, 0.6) is 0 Å². The molecule has 0 bridgehead atoms. The molecule has 2 aromatic rings. The quantitative estimate of drug-likeness (QED) is 0.0949. The molecule has 2 rings (SSSR count). The van der Waals surface area contributed by atoms with E-state index in [-0.39, 0.29) is 55.3 Å². The monoisotopic (exact) mass is 750 g/mol. The lowest BCUT2D eigenvalue weighted by Crippen LogP contribution is -2.60. The Balaban J connectivity index is 2.30. The van der Waals surface area contributed by atoms with Gasteiger partial charge in [0, 0.05) is 31.3 Å². The van der Waals surface area contributed by atoms with Crippen LogP contribution in [0.2, 0.25) is 0 Å². The maximum atomic E-state index is 14.0. The topological polar surface area (TPSA) is 209 Å². The fourth-order valence-corrected chi connectivity index (χ4v) is 5.97. The summed E-state index contributed by atoms with van der Waals surface area (Å²) in [5, 5.41) is 23.6. The number of carbonyl (C=O) groups is 6. The molecule has 0 aromatic heterocycles. The second-order valence-electron chi connectivity index (χ2n) is 15.3. The van der Waals surface area contributed by atoms with Crippen molar-refractivity contribution < 1.29 is 33.9 Å². The Labute approximate surface area is 320 Å². The number of nitrogens with two attached hydrogens (primary N) is 1. The number of hydrogen-bond acceptors (Lipinski definition) is 7. The maximum absolute atomic E-state index is 14.0. The van der Waals surface area contributed by atoms with Gasteiger partial charge in [0.05, 0.1) is 0 Å². The molecule has 0 saturated carbocycles. The van der Waals surface area contributed by atoms with E-state index in [1.165, 1.54) is 0 Å². The number of benzene rings is 2. The van der Waals surface area contributed by atoms with Crippen molar-refractivity contribution in [1.29, 1.82) is 0 Å². The molecular weight excluding hydrogens is 688 g/mol. The van der Waals surface area contributed by atoms with Crippen LogP contribution in [0.4, 0.5) is 0 Å². The molecule has 0 saturated heterocycles. The molecule has 13 heteroatoms. The molecule has 2 aromatic carbocycles. The van der Waals surface area contributed by atoms with Gasteiger partial charge in [-0.15, -0.1) is 0 Å². The highest BCUT2D eigenvalue weighted by Crippen LogP contribution is 2.14. The Bertz CT molecular complexity index is 1520. The van der Waals surface area contributed by atoms with Gasteiger partial charge in [-0.05, 0) is 41.2 Å². The normalized spacial score (nSPS) is 15.3. The SMILES string of the molecule is CC[C@H](C)[C@H](NC(=O)C[C@H](N)C(Cc1ccccc1)NC(=O)[C@@H](NC(=O)[C@H](Cc1ccccc1)NC(=O)CC(C)C)C(C)C)C(=O)N[C@H](C(=O)O)C(C)C. The van der Waals surface area contributed by atoms with Crippen molar-refractivity contribution in [2.75, 3.05) is 0 Å². The van der Waals surface area contributed by atoms with Crippen LogP contribution >= 0.6 is 0 Å². The zero-order valence-electron chi connectivity index (χ0n) is 33.1. The maximum Gasteiger partial charge on any atom is 0.326 e. The van der Waals surface area contributed by atoms with Crippen molar-refractivity contribution in [3.8, 4) is 0 Å². The third kappa shape index (κ3) is 15.3. The molecule has 0 heterocycles. The number of carboxylic acid groups (broad SMARTS) is 1. The molecule has 298 valence electrons. The number of aliphatic carboxylic acids is 1. The molecule has 1 unspecified atom stereocenters. The van der Waals surface area contributed by atoms with Gasteiger partial charge < -0.3 is 37.4 Å². The number of carboxylic acids is 1. The minimum atomic E-state index is -1.17. The smallest absolute Gasteiger partial charge is 0.326 e. The van der Waals surface area contributed by atoms with Crippen LogP contribution in [0, 0.1) is 23.7 Å². The predicted molar refractivity (Wildman–Crippen MR) is 209 cm³/mol. The first-order valence-corrected chi connectivity index (χ1v) is 19.0. The van der Waals surface area contributed by atoms with E-state index in [9.17, 15) is 33.9 Å². The van der Waals surface area contributed by atoms with Gasteiger partial charge in [0.2, 0.25) is 29.5 Å². The fourth-order valence-electron chi connectivity index (χ4n) is 5.97. The van der Waals surface area contributed by atoms with E-state index in [4.69, 9.17) is 5.73 Å². The van der Waals surface area contributed by atoms with Crippen molar-refractivity contribution in [2.45, 2.75) is 124 Å². The third-order valence-electron chi connectivity index (χ3n) is 9.38. The summed E-state index contributed by atoms with van der Waals surface area (Å²) in [6.07, 6.45) is 1.01. The summed E-state index contributed by atoms with van der Waals surface area (Å²) in [5.41, 5.74) is 8.35. The molecular formula is C41H62N6O7. The van der Waals surface area contributed by atoms with Crippen LogP contribution in [-0.2, 0) is 41.6 Å². The van der Waals surface area contributed by atoms with Crippen molar-refractivity contribution >= 4 is 35.5 Å². The minimum absolute atomic E-state index is 0.0831. The Hall–Kier alpha value is -4.78. The average Bonchev–Trinajstić information content (AvgIpc) is 3.10. The fraction of sp³-hybridized carbons (Fsp3) is 0.561. The molecule has 8 N–H and O–H groups in total. The highest BCUT2D eigenvalue weighted by atomic mass is 16.4. The van der Waals surface area contributed by atoms with Crippen molar-refractivity contribution in [3.63, 3.8) is 0 Å². The van der Waals surface area contributed by atoms with Crippen LogP contribution in [0.25, 0.3) is 0 Å². The summed E-state index contributed by atoms with van der Waals surface area (Å²) in [5.74, 6) is -4.58.